The fourth-order valence-corrected chi connectivity index (χ4v) is 3.62. The number of amides is 2. The van der Waals surface area contributed by atoms with Crippen LogP contribution in [0.25, 0.3) is 0 Å². The van der Waals surface area contributed by atoms with Crippen LogP contribution in [0.15, 0.2) is 48.5 Å². The smallest absolute Gasteiger partial charge is 0.410 e. The first kappa shape index (κ1) is 23.4. The van der Waals surface area contributed by atoms with Crippen molar-refractivity contribution in [3.63, 3.8) is 0 Å². The lowest BCUT2D eigenvalue weighted by molar-refractivity contribution is -0.121. The Hall–Kier alpha value is -3.22. The zero-order valence-corrected chi connectivity index (χ0v) is 19.0. The standard InChI is InChI=1S/C25H32N2O5/c1-25(2,3)32-24(30)27-13-7-10-20(16-27)26-23(29)15-19-14-21(28)11-12-22(19)31-17-18-8-5-4-6-9-18/h4-6,8-9,11-12,14,20,28H,7,10,13,15-17H2,1-3H3,(H,26,29)/t20-/m1/s1. The van der Waals surface area contributed by atoms with E-state index in [1.54, 1.807) is 23.1 Å². The van der Waals surface area contributed by atoms with Gasteiger partial charge in [0.25, 0.3) is 0 Å². The third-order valence-corrected chi connectivity index (χ3v) is 5.07. The second kappa shape index (κ2) is 10.4. The number of rotatable bonds is 6. The number of nitrogens with zero attached hydrogens (tertiary/aromatic N) is 1. The number of piperidine rings is 1. The lowest BCUT2D eigenvalue weighted by Crippen LogP contribution is -2.51. The number of phenolic OH excluding ortho intramolecular Hbond substituents is 1. The van der Waals surface area contributed by atoms with Gasteiger partial charge in [-0.2, -0.15) is 0 Å². The van der Waals surface area contributed by atoms with Gasteiger partial charge in [-0.05, 0) is 57.4 Å². The number of phenols is 1. The van der Waals surface area contributed by atoms with Crippen molar-refractivity contribution in [1.82, 2.24) is 10.2 Å². The summed E-state index contributed by atoms with van der Waals surface area (Å²) in [4.78, 5) is 26.7. The number of likely N-dealkylation sites (tertiary alicyclic amines) is 1. The van der Waals surface area contributed by atoms with Gasteiger partial charge >= 0.3 is 6.09 Å². The highest BCUT2D eigenvalue weighted by atomic mass is 16.6. The molecule has 0 aromatic heterocycles. The topological polar surface area (TPSA) is 88.1 Å². The van der Waals surface area contributed by atoms with E-state index >= 15 is 0 Å². The summed E-state index contributed by atoms with van der Waals surface area (Å²) in [5.74, 6) is 0.450. The highest BCUT2D eigenvalue weighted by Crippen LogP contribution is 2.25. The van der Waals surface area contributed by atoms with Crippen LogP contribution in [0.4, 0.5) is 4.79 Å². The molecule has 7 heteroatoms. The van der Waals surface area contributed by atoms with E-state index in [1.807, 2.05) is 51.1 Å². The normalized spacial score (nSPS) is 16.3. The Kier molecular flexibility index (Phi) is 7.62. The summed E-state index contributed by atoms with van der Waals surface area (Å²) in [6.45, 7) is 6.90. The Morgan fingerprint density at radius 3 is 2.62 bits per heavy atom. The molecule has 3 rings (SSSR count). The molecule has 2 amide bonds. The highest BCUT2D eigenvalue weighted by molar-refractivity contribution is 5.80. The van der Waals surface area contributed by atoms with Crippen molar-refractivity contribution >= 4 is 12.0 Å². The van der Waals surface area contributed by atoms with Crippen molar-refractivity contribution in [2.45, 2.75) is 58.3 Å². The molecule has 0 bridgehead atoms. The molecule has 172 valence electrons. The van der Waals surface area contributed by atoms with E-state index < -0.39 is 5.60 Å². The molecule has 1 aliphatic heterocycles. The summed E-state index contributed by atoms with van der Waals surface area (Å²) in [6, 6.07) is 14.4. The fourth-order valence-electron chi connectivity index (χ4n) is 3.62. The summed E-state index contributed by atoms with van der Waals surface area (Å²) < 4.78 is 11.4. The summed E-state index contributed by atoms with van der Waals surface area (Å²) in [5.41, 5.74) is 1.07. The molecule has 0 spiro atoms. The maximum absolute atomic E-state index is 12.7. The van der Waals surface area contributed by atoms with Crippen molar-refractivity contribution in [3.8, 4) is 11.5 Å². The molecular formula is C25H32N2O5. The van der Waals surface area contributed by atoms with Crippen LogP contribution in [0.2, 0.25) is 0 Å². The van der Waals surface area contributed by atoms with Crippen molar-refractivity contribution in [2.75, 3.05) is 13.1 Å². The average Bonchev–Trinajstić information content (AvgIpc) is 2.73. The van der Waals surface area contributed by atoms with E-state index in [2.05, 4.69) is 5.32 Å². The molecule has 1 saturated heterocycles. The zero-order valence-electron chi connectivity index (χ0n) is 19.0. The maximum Gasteiger partial charge on any atom is 0.410 e. The Labute approximate surface area is 189 Å². The van der Waals surface area contributed by atoms with Crippen LogP contribution in [0, 0.1) is 0 Å². The molecule has 2 aromatic rings. The van der Waals surface area contributed by atoms with E-state index in [4.69, 9.17) is 9.47 Å². The van der Waals surface area contributed by atoms with Crippen LogP contribution in [-0.2, 0) is 22.6 Å². The highest BCUT2D eigenvalue weighted by Gasteiger charge is 2.28. The summed E-state index contributed by atoms with van der Waals surface area (Å²) in [5, 5.41) is 12.9. The largest absolute Gasteiger partial charge is 0.508 e. The third-order valence-electron chi connectivity index (χ3n) is 5.07. The number of hydrogen-bond acceptors (Lipinski definition) is 5. The van der Waals surface area contributed by atoms with Gasteiger partial charge in [-0.3, -0.25) is 4.79 Å². The first-order valence-electron chi connectivity index (χ1n) is 11.0. The molecule has 0 saturated carbocycles. The number of hydrogen-bond donors (Lipinski definition) is 2. The van der Waals surface area contributed by atoms with Gasteiger partial charge in [0.2, 0.25) is 5.91 Å². The first-order chi connectivity index (χ1) is 15.2. The minimum Gasteiger partial charge on any atom is -0.508 e. The summed E-state index contributed by atoms with van der Waals surface area (Å²) in [6.07, 6.45) is 1.30. The summed E-state index contributed by atoms with van der Waals surface area (Å²) >= 11 is 0. The Bertz CT molecular complexity index is 924. The quantitative estimate of drug-likeness (QED) is 0.708. The molecule has 7 nitrogen and oxygen atoms in total. The molecule has 1 aliphatic rings. The fraction of sp³-hybridized carbons (Fsp3) is 0.440. The van der Waals surface area contributed by atoms with E-state index in [1.165, 1.54) is 0 Å². The Balaban J connectivity index is 1.58. The van der Waals surface area contributed by atoms with Crippen LogP contribution in [0.1, 0.15) is 44.7 Å². The predicted molar refractivity (Wildman–Crippen MR) is 122 cm³/mol. The van der Waals surface area contributed by atoms with Gasteiger partial charge in [-0.25, -0.2) is 4.79 Å². The number of carbonyl (C=O) groups is 2. The van der Waals surface area contributed by atoms with Gasteiger partial charge in [-0.1, -0.05) is 30.3 Å². The van der Waals surface area contributed by atoms with Gasteiger partial charge in [0.1, 0.15) is 23.7 Å². The zero-order chi connectivity index (χ0) is 23.1. The third kappa shape index (κ3) is 7.18. The predicted octanol–water partition coefficient (Wildman–Crippen LogP) is 4.03. The van der Waals surface area contributed by atoms with Crippen molar-refractivity contribution in [1.29, 1.82) is 0 Å². The van der Waals surface area contributed by atoms with Gasteiger partial charge in [-0.15, -0.1) is 0 Å². The Morgan fingerprint density at radius 1 is 1.16 bits per heavy atom. The summed E-state index contributed by atoms with van der Waals surface area (Å²) in [7, 11) is 0. The van der Waals surface area contributed by atoms with E-state index in [0.717, 1.165) is 18.4 Å². The first-order valence-corrected chi connectivity index (χ1v) is 11.0. The number of benzene rings is 2. The molecule has 0 radical (unpaired) electrons. The molecule has 1 heterocycles. The number of aromatic hydroxyl groups is 1. The molecule has 0 unspecified atom stereocenters. The monoisotopic (exact) mass is 440 g/mol. The molecule has 32 heavy (non-hydrogen) atoms. The lowest BCUT2D eigenvalue weighted by Gasteiger charge is -2.34. The van der Waals surface area contributed by atoms with Gasteiger partial charge in [0.05, 0.1) is 6.42 Å². The molecule has 0 aliphatic carbocycles. The van der Waals surface area contributed by atoms with Gasteiger partial charge < -0.3 is 24.8 Å². The maximum atomic E-state index is 12.7. The average molecular weight is 441 g/mol. The van der Waals surface area contributed by atoms with Crippen molar-refractivity contribution < 1.29 is 24.2 Å². The van der Waals surface area contributed by atoms with E-state index in [0.29, 0.717) is 31.0 Å². The molecule has 2 aromatic carbocycles. The van der Waals surface area contributed by atoms with Crippen molar-refractivity contribution in [3.05, 3.63) is 59.7 Å². The van der Waals surface area contributed by atoms with Crippen LogP contribution >= 0.6 is 0 Å². The minimum absolute atomic E-state index is 0.0709. The van der Waals surface area contributed by atoms with Crippen LogP contribution in [-0.4, -0.2) is 46.7 Å². The SMILES string of the molecule is CC(C)(C)OC(=O)N1CCC[C@@H](NC(=O)Cc2cc(O)ccc2OCc2ccccc2)C1. The number of carbonyl (C=O) groups excluding carboxylic acids is 2. The molecule has 2 N–H and O–H groups in total. The van der Waals surface area contributed by atoms with Crippen LogP contribution < -0.4 is 10.1 Å². The molecular weight excluding hydrogens is 408 g/mol. The minimum atomic E-state index is -0.557. The van der Waals surface area contributed by atoms with E-state index in [-0.39, 0.29) is 30.2 Å². The lowest BCUT2D eigenvalue weighted by atomic mass is 10.0. The van der Waals surface area contributed by atoms with Gasteiger partial charge in [0.15, 0.2) is 0 Å². The van der Waals surface area contributed by atoms with Crippen LogP contribution in [0.5, 0.6) is 11.5 Å². The van der Waals surface area contributed by atoms with Crippen molar-refractivity contribution in [2.24, 2.45) is 0 Å². The van der Waals surface area contributed by atoms with E-state index in [9.17, 15) is 14.7 Å². The van der Waals surface area contributed by atoms with Gasteiger partial charge in [0, 0.05) is 24.7 Å². The number of nitrogens with one attached hydrogen (secondary N) is 1. The molecule has 1 atom stereocenters. The number of ether oxygens (including phenoxy) is 2. The molecule has 1 fully saturated rings. The van der Waals surface area contributed by atoms with Crippen LogP contribution in [0.3, 0.4) is 0 Å². The Morgan fingerprint density at radius 2 is 1.91 bits per heavy atom. The second-order valence-corrected chi connectivity index (χ2v) is 9.08. The second-order valence-electron chi connectivity index (χ2n) is 9.08.